The molecule has 1 N–H and O–H groups in total. The summed E-state index contributed by atoms with van der Waals surface area (Å²) in [4.78, 5) is 13.8. The van der Waals surface area contributed by atoms with Crippen molar-refractivity contribution in [1.82, 2.24) is 4.90 Å². The number of carbonyl (C=O) groups excluding carboxylic acids is 1. The van der Waals surface area contributed by atoms with Crippen LogP contribution in [0.2, 0.25) is 0 Å². The molecule has 1 amide bonds. The third-order valence-corrected chi connectivity index (χ3v) is 4.38. The summed E-state index contributed by atoms with van der Waals surface area (Å²) in [5.74, 6) is 0.180. The zero-order chi connectivity index (χ0) is 16.3. The lowest BCUT2D eigenvalue weighted by Gasteiger charge is -2.35. The van der Waals surface area contributed by atoms with Crippen LogP contribution < -0.4 is 0 Å². The van der Waals surface area contributed by atoms with Gasteiger partial charge in [0.25, 0.3) is 0 Å². The maximum atomic E-state index is 12.0. The number of amides is 1. The van der Waals surface area contributed by atoms with Crippen LogP contribution in [0, 0.1) is 5.92 Å². The normalized spacial score (nSPS) is 18.1. The second-order valence-corrected chi connectivity index (χ2v) is 7.72. The van der Waals surface area contributed by atoms with E-state index >= 15 is 0 Å². The van der Waals surface area contributed by atoms with Crippen LogP contribution in [-0.2, 0) is 4.74 Å². The number of halogens is 1. The lowest BCUT2D eigenvalue weighted by atomic mass is 9.87. The van der Waals surface area contributed by atoms with Gasteiger partial charge in [0.05, 0.1) is 6.10 Å². The number of likely N-dealkylation sites (tertiary alicyclic amines) is 1. The Hall–Kier alpha value is -1.07. The van der Waals surface area contributed by atoms with Crippen molar-refractivity contribution in [3.05, 3.63) is 34.3 Å². The van der Waals surface area contributed by atoms with Crippen molar-refractivity contribution in [2.24, 2.45) is 5.92 Å². The highest BCUT2D eigenvalue weighted by atomic mass is 79.9. The summed E-state index contributed by atoms with van der Waals surface area (Å²) in [6.45, 7) is 6.87. The summed E-state index contributed by atoms with van der Waals surface area (Å²) in [7, 11) is 0. The largest absolute Gasteiger partial charge is 0.444 e. The predicted octanol–water partition coefficient (Wildman–Crippen LogP) is 4.13. The number of piperidine rings is 1. The van der Waals surface area contributed by atoms with Gasteiger partial charge >= 0.3 is 6.09 Å². The van der Waals surface area contributed by atoms with Crippen LogP contribution in [0.4, 0.5) is 4.79 Å². The molecule has 4 nitrogen and oxygen atoms in total. The highest BCUT2D eigenvalue weighted by Gasteiger charge is 2.30. The first-order chi connectivity index (χ1) is 10.3. The van der Waals surface area contributed by atoms with Crippen molar-refractivity contribution in [1.29, 1.82) is 0 Å². The minimum atomic E-state index is -0.478. The molecule has 0 unspecified atom stereocenters. The molecular weight excluding hydrogens is 346 g/mol. The van der Waals surface area contributed by atoms with E-state index in [4.69, 9.17) is 4.74 Å². The van der Waals surface area contributed by atoms with Crippen LogP contribution in [0.3, 0.4) is 0 Å². The Bertz CT molecular complexity index is 502. The van der Waals surface area contributed by atoms with Gasteiger partial charge in [0, 0.05) is 17.6 Å². The van der Waals surface area contributed by atoms with E-state index in [2.05, 4.69) is 15.9 Å². The molecule has 0 radical (unpaired) electrons. The quantitative estimate of drug-likeness (QED) is 0.852. The number of hydrogen-bond acceptors (Lipinski definition) is 3. The highest BCUT2D eigenvalue weighted by Crippen LogP contribution is 2.31. The van der Waals surface area contributed by atoms with Gasteiger partial charge in [-0.3, -0.25) is 0 Å². The van der Waals surface area contributed by atoms with Crippen LogP contribution in [0.5, 0.6) is 0 Å². The molecule has 1 aliphatic heterocycles. The number of hydrogen-bond donors (Lipinski definition) is 1. The molecule has 1 aliphatic rings. The number of carbonyl (C=O) groups is 1. The molecule has 5 heteroatoms. The minimum Gasteiger partial charge on any atom is -0.444 e. The Kier molecular flexibility index (Phi) is 5.50. The monoisotopic (exact) mass is 369 g/mol. The van der Waals surface area contributed by atoms with E-state index in [1.165, 1.54) is 0 Å². The summed E-state index contributed by atoms with van der Waals surface area (Å²) in [5, 5.41) is 10.5. The molecule has 1 saturated heterocycles. The molecule has 1 atom stereocenters. The van der Waals surface area contributed by atoms with Gasteiger partial charge < -0.3 is 14.7 Å². The molecule has 1 aromatic carbocycles. The second-order valence-electron chi connectivity index (χ2n) is 6.80. The van der Waals surface area contributed by atoms with Gasteiger partial charge in [-0.05, 0) is 57.2 Å². The lowest BCUT2D eigenvalue weighted by Crippen LogP contribution is -2.42. The second kappa shape index (κ2) is 7.01. The van der Waals surface area contributed by atoms with Gasteiger partial charge in [-0.2, -0.15) is 0 Å². The third-order valence-electron chi connectivity index (χ3n) is 3.85. The number of rotatable bonds is 2. The summed E-state index contributed by atoms with van der Waals surface area (Å²) in [5.41, 5.74) is 0.462. The van der Waals surface area contributed by atoms with Crippen molar-refractivity contribution in [3.63, 3.8) is 0 Å². The summed E-state index contributed by atoms with van der Waals surface area (Å²) in [6.07, 6.45) is 0.838. The van der Waals surface area contributed by atoms with E-state index in [1.54, 1.807) is 4.90 Å². The molecule has 122 valence electrons. The van der Waals surface area contributed by atoms with Crippen LogP contribution in [-0.4, -0.2) is 34.8 Å². The number of nitrogens with zero attached hydrogens (tertiary/aromatic N) is 1. The van der Waals surface area contributed by atoms with Gasteiger partial charge in [0.15, 0.2) is 0 Å². The number of ether oxygens (including phenoxy) is 1. The third kappa shape index (κ3) is 4.71. The van der Waals surface area contributed by atoms with E-state index in [9.17, 15) is 9.90 Å². The molecule has 0 spiro atoms. The van der Waals surface area contributed by atoms with Crippen molar-refractivity contribution < 1.29 is 14.6 Å². The fourth-order valence-electron chi connectivity index (χ4n) is 2.66. The van der Waals surface area contributed by atoms with Crippen molar-refractivity contribution >= 4 is 22.0 Å². The summed E-state index contributed by atoms with van der Waals surface area (Å²) >= 11 is 3.40. The lowest BCUT2D eigenvalue weighted by molar-refractivity contribution is 0.00767. The Labute approximate surface area is 140 Å². The number of aliphatic hydroxyl groups excluding tert-OH is 1. The first-order valence-electron chi connectivity index (χ1n) is 7.68. The van der Waals surface area contributed by atoms with E-state index in [-0.39, 0.29) is 12.0 Å². The standard InChI is InChI=1S/C17H24BrNO3/c1-17(2,3)22-16(21)19-10-8-13(9-11-19)15(20)12-4-6-14(18)7-5-12/h4-7,13,15,20H,8-11H2,1-3H3/t15-/m0/s1. The molecule has 0 bridgehead atoms. The minimum absolute atomic E-state index is 0.180. The first-order valence-corrected chi connectivity index (χ1v) is 8.47. The molecule has 1 heterocycles. The zero-order valence-corrected chi connectivity index (χ0v) is 15.0. The molecule has 0 aliphatic carbocycles. The first kappa shape index (κ1) is 17.3. The van der Waals surface area contributed by atoms with Crippen LogP contribution >= 0.6 is 15.9 Å². The average Bonchev–Trinajstić information content (AvgIpc) is 2.46. The SMILES string of the molecule is CC(C)(C)OC(=O)N1CCC([C@@H](O)c2ccc(Br)cc2)CC1. The summed E-state index contributed by atoms with van der Waals surface area (Å²) < 4.78 is 6.39. The van der Waals surface area contributed by atoms with Gasteiger partial charge in [0.2, 0.25) is 0 Å². The van der Waals surface area contributed by atoms with Gasteiger partial charge in [-0.25, -0.2) is 4.79 Å². The smallest absolute Gasteiger partial charge is 0.410 e. The van der Waals surface area contributed by atoms with Gasteiger partial charge in [-0.15, -0.1) is 0 Å². The van der Waals surface area contributed by atoms with E-state index in [1.807, 2.05) is 45.0 Å². The molecular formula is C17H24BrNO3. The molecule has 1 aromatic rings. The molecule has 0 saturated carbocycles. The van der Waals surface area contributed by atoms with E-state index in [0.29, 0.717) is 13.1 Å². The molecule has 22 heavy (non-hydrogen) atoms. The van der Waals surface area contributed by atoms with Crippen LogP contribution in [0.25, 0.3) is 0 Å². The maximum Gasteiger partial charge on any atom is 0.410 e. The average molecular weight is 370 g/mol. The van der Waals surface area contributed by atoms with E-state index < -0.39 is 11.7 Å². The number of benzene rings is 1. The summed E-state index contributed by atoms with van der Waals surface area (Å²) in [6, 6.07) is 7.76. The number of aliphatic hydroxyl groups is 1. The molecule has 0 aromatic heterocycles. The van der Waals surface area contributed by atoms with Gasteiger partial charge in [-0.1, -0.05) is 28.1 Å². The Balaban J connectivity index is 1.89. The highest BCUT2D eigenvalue weighted by molar-refractivity contribution is 9.10. The van der Waals surface area contributed by atoms with Crippen LogP contribution in [0.1, 0.15) is 45.3 Å². The van der Waals surface area contributed by atoms with Crippen molar-refractivity contribution in [3.8, 4) is 0 Å². The van der Waals surface area contributed by atoms with Crippen LogP contribution in [0.15, 0.2) is 28.7 Å². The topological polar surface area (TPSA) is 49.8 Å². The molecule has 1 fully saturated rings. The zero-order valence-electron chi connectivity index (χ0n) is 13.4. The Morgan fingerprint density at radius 2 is 1.82 bits per heavy atom. The fraction of sp³-hybridized carbons (Fsp3) is 0.588. The van der Waals surface area contributed by atoms with Crippen molar-refractivity contribution in [2.75, 3.05) is 13.1 Å². The Morgan fingerprint density at radius 3 is 2.32 bits per heavy atom. The fourth-order valence-corrected chi connectivity index (χ4v) is 2.92. The maximum absolute atomic E-state index is 12.0. The Morgan fingerprint density at radius 1 is 1.27 bits per heavy atom. The van der Waals surface area contributed by atoms with Crippen molar-refractivity contribution in [2.45, 2.75) is 45.3 Å². The van der Waals surface area contributed by atoms with E-state index in [0.717, 1.165) is 22.9 Å². The van der Waals surface area contributed by atoms with Gasteiger partial charge in [0.1, 0.15) is 5.60 Å². The predicted molar refractivity (Wildman–Crippen MR) is 89.6 cm³/mol. The molecule has 2 rings (SSSR count).